The van der Waals surface area contributed by atoms with Crippen molar-refractivity contribution < 1.29 is 9.90 Å². The molecule has 16 heavy (non-hydrogen) atoms. The summed E-state index contributed by atoms with van der Waals surface area (Å²) in [6, 6.07) is 0. The van der Waals surface area contributed by atoms with Crippen LogP contribution in [0.15, 0.2) is 5.38 Å². The van der Waals surface area contributed by atoms with E-state index in [2.05, 4.69) is 0 Å². The maximum Gasteiger partial charge on any atom is 0.265 e. The van der Waals surface area contributed by atoms with E-state index in [9.17, 15) is 4.79 Å². The Kier molecular flexibility index (Phi) is 3.52. The molecular weight excluding hydrogens is 246 g/mol. The third kappa shape index (κ3) is 2.10. The van der Waals surface area contributed by atoms with Gasteiger partial charge in [0.1, 0.15) is 4.88 Å². The fourth-order valence-corrected chi connectivity index (χ4v) is 3.12. The first-order valence-corrected chi connectivity index (χ1v) is 6.53. The van der Waals surface area contributed by atoms with Crippen LogP contribution in [0.3, 0.4) is 0 Å². The number of likely N-dealkylation sites (tertiary alicyclic amines) is 1. The summed E-state index contributed by atoms with van der Waals surface area (Å²) >= 11 is 7.46. The summed E-state index contributed by atoms with van der Waals surface area (Å²) in [5.74, 6) is 0.225. The molecule has 1 aliphatic heterocycles. The molecule has 2 rings (SSSR count). The Hall–Kier alpha value is -0.580. The minimum Gasteiger partial charge on any atom is -0.396 e. The van der Waals surface area contributed by atoms with E-state index in [0.717, 1.165) is 18.5 Å². The van der Waals surface area contributed by atoms with Crippen molar-refractivity contribution in [2.45, 2.75) is 13.3 Å². The van der Waals surface area contributed by atoms with Gasteiger partial charge < -0.3 is 10.0 Å². The second kappa shape index (κ2) is 4.73. The van der Waals surface area contributed by atoms with Crippen LogP contribution >= 0.6 is 22.9 Å². The van der Waals surface area contributed by atoms with Crippen LogP contribution in [0.4, 0.5) is 0 Å². The Bertz CT molecular complexity index is 405. The van der Waals surface area contributed by atoms with Crippen LogP contribution in [0.5, 0.6) is 0 Å². The molecule has 0 radical (unpaired) electrons. The highest BCUT2D eigenvalue weighted by atomic mass is 35.5. The first-order chi connectivity index (χ1) is 7.63. The number of thiophene rings is 1. The van der Waals surface area contributed by atoms with Crippen molar-refractivity contribution in [3.63, 3.8) is 0 Å². The molecule has 0 aliphatic carbocycles. The summed E-state index contributed by atoms with van der Waals surface area (Å²) in [5, 5.41) is 11.5. The predicted octanol–water partition coefficient (Wildman–Crippen LogP) is 2.16. The number of aliphatic hydroxyl groups is 1. The van der Waals surface area contributed by atoms with Gasteiger partial charge in [-0.3, -0.25) is 4.79 Å². The summed E-state index contributed by atoms with van der Waals surface area (Å²) < 4.78 is 0. The van der Waals surface area contributed by atoms with Gasteiger partial charge in [0.15, 0.2) is 0 Å². The number of nitrogens with zero attached hydrogens (tertiary/aromatic N) is 1. The molecule has 88 valence electrons. The topological polar surface area (TPSA) is 40.5 Å². The predicted molar refractivity (Wildman–Crippen MR) is 65.2 cm³/mol. The van der Waals surface area contributed by atoms with Gasteiger partial charge in [0.2, 0.25) is 0 Å². The number of hydrogen-bond donors (Lipinski definition) is 1. The molecule has 5 heteroatoms. The first kappa shape index (κ1) is 11.9. The molecule has 1 atom stereocenters. The quantitative estimate of drug-likeness (QED) is 0.884. The highest BCUT2D eigenvalue weighted by Gasteiger charge is 2.28. The fraction of sp³-hybridized carbons (Fsp3) is 0.545. The van der Waals surface area contributed by atoms with Crippen LogP contribution in [-0.2, 0) is 0 Å². The molecule has 2 heterocycles. The van der Waals surface area contributed by atoms with Crippen LogP contribution in [0.1, 0.15) is 21.7 Å². The summed E-state index contributed by atoms with van der Waals surface area (Å²) in [4.78, 5) is 14.5. The fourth-order valence-electron chi connectivity index (χ4n) is 1.88. The Balaban J connectivity index is 2.12. The van der Waals surface area contributed by atoms with Crippen molar-refractivity contribution in [3.8, 4) is 0 Å². The van der Waals surface area contributed by atoms with Crippen LogP contribution in [0.2, 0.25) is 5.02 Å². The summed E-state index contributed by atoms with van der Waals surface area (Å²) in [7, 11) is 0. The number of rotatable bonds is 2. The summed E-state index contributed by atoms with van der Waals surface area (Å²) in [6.07, 6.45) is 0.879. The van der Waals surface area contributed by atoms with E-state index in [4.69, 9.17) is 16.7 Å². The number of carbonyl (C=O) groups is 1. The third-order valence-electron chi connectivity index (χ3n) is 2.92. The zero-order chi connectivity index (χ0) is 11.7. The number of amides is 1. The van der Waals surface area contributed by atoms with Gasteiger partial charge in [-0.25, -0.2) is 0 Å². The lowest BCUT2D eigenvalue weighted by Crippen LogP contribution is -2.28. The number of carbonyl (C=O) groups excluding carboxylic acids is 1. The minimum atomic E-state index is -0.000880. The van der Waals surface area contributed by atoms with E-state index in [-0.39, 0.29) is 18.4 Å². The molecule has 0 bridgehead atoms. The number of hydrogen-bond acceptors (Lipinski definition) is 3. The van der Waals surface area contributed by atoms with Crippen molar-refractivity contribution in [2.75, 3.05) is 19.7 Å². The first-order valence-electron chi connectivity index (χ1n) is 5.27. The Labute approximate surface area is 104 Å². The van der Waals surface area contributed by atoms with Crippen molar-refractivity contribution >= 4 is 28.8 Å². The second-order valence-electron chi connectivity index (χ2n) is 4.15. The second-order valence-corrected chi connectivity index (χ2v) is 5.41. The lowest BCUT2D eigenvalue weighted by molar-refractivity contribution is 0.0787. The maximum atomic E-state index is 12.1. The Morgan fingerprint density at radius 1 is 1.75 bits per heavy atom. The van der Waals surface area contributed by atoms with Crippen molar-refractivity contribution in [1.29, 1.82) is 0 Å². The lowest BCUT2D eigenvalue weighted by Gasteiger charge is -2.15. The molecule has 1 aromatic heterocycles. The van der Waals surface area contributed by atoms with Crippen LogP contribution in [0, 0.1) is 12.8 Å². The van der Waals surface area contributed by atoms with Gasteiger partial charge >= 0.3 is 0 Å². The highest BCUT2D eigenvalue weighted by molar-refractivity contribution is 7.13. The molecule has 1 unspecified atom stereocenters. The lowest BCUT2D eigenvalue weighted by atomic mass is 10.1. The van der Waals surface area contributed by atoms with E-state index in [0.29, 0.717) is 16.4 Å². The van der Waals surface area contributed by atoms with Crippen LogP contribution in [0.25, 0.3) is 0 Å². The third-order valence-corrected chi connectivity index (χ3v) is 4.61. The largest absolute Gasteiger partial charge is 0.396 e. The van der Waals surface area contributed by atoms with Gasteiger partial charge in [0, 0.05) is 25.6 Å². The smallest absolute Gasteiger partial charge is 0.265 e. The van der Waals surface area contributed by atoms with Gasteiger partial charge in [-0.1, -0.05) is 11.6 Å². The summed E-state index contributed by atoms with van der Waals surface area (Å²) in [6.45, 7) is 3.41. The molecule has 1 N–H and O–H groups in total. The zero-order valence-electron chi connectivity index (χ0n) is 9.07. The molecule has 1 saturated heterocycles. The van der Waals surface area contributed by atoms with E-state index < -0.39 is 0 Å². The monoisotopic (exact) mass is 259 g/mol. The molecule has 3 nitrogen and oxygen atoms in total. The van der Waals surface area contributed by atoms with E-state index >= 15 is 0 Å². The number of halogens is 1. The molecular formula is C11H14ClNO2S. The van der Waals surface area contributed by atoms with E-state index in [1.165, 1.54) is 11.3 Å². The Morgan fingerprint density at radius 3 is 3.00 bits per heavy atom. The van der Waals surface area contributed by atoms with Gasteiger partial charge in [-0.15, -0.1) is 11.3 Å². The van der Waals surface area contributed by atoms with Gasteiger partial charge in [0.25, 0.3) is 5.91 Å². The van der Waals surface area contributed by atoms with Gasteiger partial charge in [-0.05, 0) is 24.3 Å². The van der Waals surface area contributed by atoms with Crippen LogP contribution < -0.4 is 0 Å². The highest BCUT2D eigenvalue weighted by Crippen LogP contribution is 2.29. The molecule has 0 spiro atoms. The SMILES string of the molecule is Cc1csc(C(=O)N2CCC(CO)C2)c1Cl. The zero-order valence-corrected chi connectivity index (χ0v) is 10.6. The van der Waals surface area contributed by atoms with E-state index in [1.54, 1.807) is 4.90 Å². The Morgan fingerprint density at radius 2 is 2.50 bits per heavy atom. The molecule has 0 aromatic carbocycles. The molecule has 1 fully saturated rings. The van der Waals surface area contributed by atoms with Crippen molar-refractivity contribution in [1.82, 2.24) is 4.90 Å². The number of aliphatic hydroxyl groups excluding tert-OH is 1. The van der Waals surface area contributed by atoms with Crippen LogP contribution in [-0.4, -0.2) is 35.6 Å². The normalized spacial score (nSPS) is 20.4. The van der Waals surface area contributed by atoms with E-state index in [1.807, 2.05) is 12.3 Å². The average Bonchev–Trinajstić information content (AvgIpc) is 2.87. The maximum absolute atomic E-state index is 12.1. The number of aryl methyl sites for hydroxylation is 1. The standard InChI is InChI=1S/C11H14ClNO2S/c1-7-6-16-10(9(7)12)11(15)13-3-2-8(4-13)5-14/h6,8,14H,2-5H2,1H3. The average molecular weight is 260 g/mol. The van der Waals surface area contributed by atoms with Crippen molar-refractivity contribution in [2.24, 2.45) is 5.92 Å². The van der Waals surface area contributed by atoms with Crippen molar-refractivity contribution in [3.05, 3.63) is 20.8 Å². The molecule has 1 aliphatic rings. The molecule has 1 aromatic rings. The molecule has 0 saturated carbocycles. The summed E-state index contributed by atoms with van der Waals surface area (Å²) in [5.41, 5.74) is 0.952. The van der Waals surface area contributed by atoms with Gasteiger partial charge in [0.05, 0.1) is 5.02 Å². The van der Waals surface area contributed by atoms with Gasteiger partial charge in [-0.2, -0.15) is 0 Å². The minimum absolute atomic E-state index is 0.000880. The molecule has 1 amide bonds.